The van der Waals surface area contributed by atoms with Crippen LogP contribution in [-0.4, -0.2) is 17.1 Å². The Labute approximate surface area is 104 Å². The van der Waals surface area contributed by atoms with E-state index >= 15 is 0 Å². The standard InChI is InChI=1S/C14H23NO2/c1-5-17-14(16)12(4)13-7-6-9-15(13)10-8-11(2)3/h6-7,9,11-12H,5,8,10H2,1-4H3. The maximum absolute atomic E-state index is 11.7. The summed E-state index contributed by atoms with van der Waals surface area (Å²) in [4.78, 5) is 11.7. The minimum absolute atomic E-state index is 0.142. The van der Waals surface area contributed by atoms with Crippen LogP contribution in [0.3, 0.4) is 0 Å². The lowest BCUT2D eigenvalue weighted by Crippen LogP contribution is -2.17. The molecule has 0 aliphatic rings. The molecule has 0 aromatic carbocycles. The van der Waals surface area contributed by atoms with E-state index in [9.17, 15) is 4.79 Å². The number of carbonyl (C=O) groups is 1. The quantitative estimate of drug-likeness (QED) is 0.711. The molecule has 1 heterocycles. The molecule has 3 nitrogen and oxygen atoms in total. The first-order valence-electron chi connectivity index (χ1n) is 6.38. The van der Waals surface area contributed by atoms with Gasteiger partial charge in [-0.05, 0) is 38.3 Å². The van der Waals surface area contributed by atoms with Gasteiger partial charge in [0.15, 0.2) is 0 Å². The number of rotatable bonds is 6. The summed E-state index contributed by atoms with van der Waals surface area (Å²) in [5, 5.41) is 0. The summed E-state index contributed by atoms with van der Waals surface area (Å²) in [5.41, 5.74) is 1.05. The number of nitrogens with zero attached hydrogens (tertiary/aromatic N) is 1. The zero-order valence-electron chi connectivity index (χ0n) is 11.3. The van der Waals surface area contributed by atoms with E-state index in [1.165, 1.54) is 0 Å². The molecular formula is C14H23NO2. The molecule has 0 fully saturated rings. The number of esters is 1. The zero-order valence-corrected chi connectivity index (χ0v) is 11.3. The second-order valence-corrected chi connectivity index (χ2v) is 4.78. The minimum atomic E-state index is -0.183. The van der Waals surface area contributed by atoms with Crippen LogP contribution in [0.15, 0.2) is 18.3 Å². The minimum Gasteiger partial charge on any atom is -0.465 e. The highest BCUT2D eigenvalue weighted by Crippen LogP contribution is 2.19. The maximum atomic E-state index is 11.7. The molecule has 1 aromatic heterocycles. The van der Waals surface area contributed by atoms with E-state index in [2.05, 4.69) is 18.4 Å². The SMILES string of the molecule is CCOC(=O)C(C)c1cccn1CCC(C)C. The number of carbonyl (C=O) groups excluding carboxylic acids is 1. The van der Waals surface area contributed by atoms with Crippen LogP contribution in [0.5, 0.6) is 0 Å². The third kappa shape index (κ3) is 3.91. The third-order valence-electron chi connectivity index (χ3n) is 2.90. The number of hydrogen-bond acceptors (Lipinski definition) is 2. The van der Waals surface area contributed by atoms with Crippen LogP contribution in [0.1, 0.15) is 45.7 Å². The van der Waals surface area contributed by atoms with Gasteiger partial charge in [-0.15, -0.1) is 0 Å². The van der Waals surface area contributed by atoms with Gasteiger partial charge in [0.1, 0.15) is 0 Å². The molecule has 1 atom stereocenters. The predicted molar refractivity (Wildman–Crippen MR) is 68.9 cm³/mol. The Bertz CT molecular complexity index is 355. The molecule has 1 rings (SSSR count). The van der Waals surface area contributed by atoms with E-state index in [0.717, 1.165) is 18.7 Å². The van der Waals surface area contributed by atoms with Crippen molar-refractivity contribution in [3.8, 4) is 0 Å². The molecule has 0 amide bonds. The molecule has 0 saturated carbocycles. The van der Waals surface area contributed by atoms with Crippen LogP contribution >= 0.6 is 0 Å². The van der Waals surface area contributed by atoms with Gasteiger partial charge in [0.05, 0.1) is 12.5 Å². The van der Waals surface area contributed by atoms with E-state index in [0.29, 0.717) is 12.5 Å². The molecule has 0 N–H and O–H groups in total. The monoisotopic (exact) mass is 237 g/mol. The van der Waals surface area contributed by atoms with Gasteiger partial charge in [0.2, 0.25) is 0 Å². The van der Waals surface area contributed by atoms with Crippen molar-refractivity contribution < 1.29 is 9.53 Å². The maximum Gasteiger partial charge on any atom is 0.314 e. The number of aromatic nitrogens is 1. The normalized spacial score (nSPS) is 12.8. The third-order valence-corrected chi connectivity index (χ3v) is 2.90. The summed E-state index contributed by atoms with van der Waals surface area (Å²) >= 11 is 0. The first-order valence-corrected chi connectivity index (χ1v) is 6.38. The summed E-state index contributed by atoms with van der Waals surface area (Å²) in [7, 11) is 0. The fourth-order valence-corrected chi connectivity index (χ4v) is 1.81. The summed E-state index contributed by atoms with van der Waals surface area (Å²) in [5.74, 6) is 0.345. The first kappa shape index (κ1) is 13.8. The smallest absolute Gasteiger partial charge is 0.314 e. The summed E-state index contributed by atoms with van der Waals surface area (Å²) in [6.07, 6.45) is 3.16. The van der Waals surface area contributed by atoms with Crippen LogP contribution in [0.4, 0.5) is 0 Å². The van der Waals surface area contributed by atoms with Crippen LogP contribution < -0.4 is 0 Å². The van der Waals surface area contributed by atoms with E-state index in [1.807, 2.05) is 32.2 Å². The second-order valence-electron chi connectivity index (χ2n) is 4.78. The molecule has 1 unspecified atom stereocenters. The lowest BCUT2D eigenvalue weighted by Gasteiger charge is -2.15. The van der Waals surface area contributed by atoms with Crippen LogP contribution in [0.25, 0.3) is 0 Å². The molecule has 0 aliphatic heterocycles. The summed E-state index contributed by atoms with van der Waals surface area (Å²) in [6.45, 7) is 9.55. The van der Waals surface area contributed by atoms with Gasteiger partial charge in [-0.1, -0.05) is 13.8 Å². The van der Waals surface area contributed by atoms with E-state index < -0.39 is 0 Å². The number of aryl methyl sites for hydroxylation is 1. The van der Waals surface area contributed by atoms with Crippen molar-refractivity contribution in [1.82, 2.24) is 4.57 Å². The molecule has 17 heavy (non-hydrogen) atoms. The highest BCUT2D eigenvalue weighted by molar-refractivity contribution is 5.77. The molecule has 0 bridgehead atoms. The highest BCUT2D eigenvalue weighted by atomic mass is 16.5. The molecule has 0 aliphatic carbocycles. The second kappa shape index (κ2) is 6.48. The molecule has 1 aromatic rings. The van der Waals surface area contributed by atoms with E-state index in [-0.39, 0.29) is 11.9 Å². The summed E-state index contributed by atoms with van der Waals surface area (Å²) in [6, 6.07) is 3.99. The van der Waals surface area contributed by atoms with Crippen molar-refractivity contribution >= 4 is 5.97 Å². The molecule has 0 radical (unpaired) electrons. The molecular weight excluding hydrogens is 214 g/mol. The van der Waals surface area contributed by atoms with Gasteiger partial charge >= 0.3 is 5.97 Å². The lowest BCUT2D eigenvalue weighted by atomic mass is 10.1. The Morgan fingerprint density at radius 3 is 2.71 bits per heavy atom. The molecule has 0 spiro atoms. The van der Waals surface area contributed by atoms with Crippen molar-refractivity contribution in [2.24, 2.45) is 5.92 Å². The van der Waals surface area contributed by atoms with Crippen molar-refractivity contribution in [2.75, 3.05) is 6.61 Å². The van der Waals surface area contributed by atoms with Gasteiger partial charge in [0, 0.05) is 18.4 Å². The van der Waals surface area contributed by atoms with Gasteiger partial charge in [-0.25, -0.2) is 0 Å². The van der Waals surface area contributed by atoms with Crippen molar-refractivity contribution in [3.05, 3.63) is 24.0 Å². The zero-order chi connectivity index (χ0) is 12.8. The largest absolute Gasteiger partial charge is 0.465 e. The van der Waals surface area contributed by atoms with E-state index in [1.54, 1.807) is 0 Å². The topological polar surface area (TPSA) is 31.2 Å². The first-order chi connectivity index (χ1) is 8.06. The van der Waals surface area contributed by atoms with Crippen molar-refractivity contribution in [1.29, 1.82) is 0 Å². The van der Waals surface area contributed by atoms with Crippen LogP contribution in [0.2, 0.25) is 0 Å². The predicted octanol–water partition coefficient (Wildman–Crippen LogP) is 3.20. The Kier molecular flexibility index (Phi) is 5.26. The molecule has 0 saturated heterocycles. The number of ether oxygens (including phenoxy) is 1. The Morgan fingerprint density at radius 2 is 2.12 bits per heavy atom. The van der Waals surface area contributed by atoms with Crippen LogP contribution in [0, 0.1) is 5.92 Å². The van der Waals surface area contributed by atoms with Gasteiger partial charge in [-0.3, -0.25) is 4.79 Å². The fourth-order valence-electron chi connectivity index (χ4n) is 1.81. The average molecular weight is 237 g/mol. The number of hydrogen-bond donors (Lipinski definition) is 0. The fraction of sp³-hybridized carbons (Fsp3) is 0.643. The Morgan fingerprint density at radius 1 is 1.41 bits per heavy atom. The van der Waals surface area contributed by atoms with Gasteiger partial charge < -0.3 is 9.30 Å². The van der Waals surface area contributed by atoms with Crippen LogP contribution in [-0.2, 0) is 16.1 Å². The van der Waals surface area contributed by atoms with Crippen molar-refractivity contribution in [2.45, 2.75) is 46.6 Å². The van der Waals surface area contributed by atoms with Gasteiger partial charge in [-0.2, -0.15) is 0 Å². The lowest BCUT2D eigenvalue weighted by molar-refractivity contribution is -0.144. The van der Waals surface area contributed by atoms with Crippen molar-refractivity contribution in [3.63, 3.8) is 0 Å². The summed E-state index contributed by atoms with van der Waals surface area (Å²) < 4.78 is 7.21. The van der Waals surface area contributed by atoms with E-state index in [4.69, 9.17) is 4.74 Å². The Balaban J connectivity index is 2.70. The molecule has 3 heteroatoms. The average Bonchev–Trinajstić information content (AvgIpc) is 2.73. The van der Waals surface area contributed by atoms with Gasteiger partial charge in [0.25, 0.3) is 0 Å². The molecule has 96 valence electrons. The highest BCUT2D eigenvalue weighted by Gasteiger charge is 2.19. The Hall–Kier alpha value is -1.25.